The molecule has 0 atom stereocenters. The van der Waals surface area contributed by atoms with Crippen LogP contribution in [0.25, 0.3) is 44.1 Å². The van der Waals surface area contributed by atoms with Gasteiger partial charge in [-0.3, -0.25) is 0 Å². The summed E-state index contributed by atoms with van der Waals surface area (Å²) in [5.41, 5.74) is 8.81. The molecule has 6 rings (SSSR count). The first-order chi connectivity index (χ1) is 14.7. The third-order valence-corrected chi connectivity index (χ3v) is 5.45. The molecule has 0 spiro atoms. The molecule has 0 aliphatic heterocycles. The summed E-state index contributed by atoms with van der Waals surface area (Å²) in [4.78, 5) is 9.24. The van der Waals surface area contributed by atoms with Crippen molar-refractivity contribution in [2.45, 2.75) is 0 Å². The number of aryl methyl sites for hydroxylation is 2. The molecule has 0 aliphatic rings. The molecule has 0 fully saturated rings. The molecule has 0 saturated carbocycles. The number of hydrogen-bond donors (Lipinski definition) is 0. The van der Waals surface area contributed by atoms with Crippen LogP contribution in [0.15, 0.2) is 97.1 Å². The Morgan fingerprint density at radius 3 is 0.900 bits per heavy atom. The van der Waals surface area contributed by atoms with E-state index in [2.05, 4.69) is 57.5 Å². The molecule has 0 aliphatic carbocycles. The quantitative estimate of drug-likeness (QED) is 0.284. The van der Waals surface area contributed by atoms with Crippen molar-refractivity contribution in [2.75, 3.05) is 0 Å². The Morgan fingerprint density at radius 1 is 0.400 bits per heavy atom. The summed E-state index contributed by atoms with van der Waals surface area (Å²) >= 11 is 0. The minimum absolute atomic E-state index is 1.04. The Morgan fingerprint density at radius 2 is 0.633 bits per heavy atom. The predicted molar refractivity (Wildman–Crippen MR) is 121 cm³/mol. The molecule has 0 N–H and O–H groups in total. The van der Waals surface area contributed by atoms with Crippen molar-refractivity contribution in [2.24, 2.45) is 14.1 Å². The smallest absolute Gasteiger partial charge is 0.231 e. The zero-order chi connectivity index (χ0) is 20.5. The Hall–Kier alpha value is -3.92. The van der Waals surface area contributed by atoms with Crippen molar-refractivity contribution in [3.8, 4) is 0 Å². The fraction of sp³-hybridized carbons (Fsp3) is 0.0769. The normalized spacial score (nSPS) is 11.0. The van der Waals surface area contributed by atoms with Crippen LogP contribution >= 0.6 is 0 Å². The summed E-state index contributed by atoms with van der Waals surface area (Å²) in [5, 5.41) is 0. The molecule has 4 nitrogen and oxygen atoms in total. The predicted octanol–water partition coefficient (Wildman–Crippen LogP) is 4.43. The monoisotopic (exact) mass is 390 g/mol. The van der Waals surface area contributed by atoms with E-state index >= 15 is 0 Å². The van der Waals surface area contributed by atoms with Crippen LogP contribution in [0.1, 0.15) is 0 Å². The largest absolute Gasteiger partial charge is 0.235 e. The molecule has 4 aromatic carbocycles. The molecule has 0 saturated heterocycles. The summed E-state index contributed by atoms with van der Waals surface area (Å²) in [6.45, 7) is 0. The second-order valence-corrected chi connectivity index (χ2v) is 7.30. The fourth-order valence-corrected chi connectivity index (χ4v) is 3.89. The standard InChI is InChI=1S/2C13H11N2/c2*1-15-12-8-4-2-6-10(12)14-11-7-3-5-9-13(11)15/h2*2-9H,1H3/q2*+1. The van der Waals surface area contributed by atoms with Gasteiger partial charge in [0, 0.05) is 24.3 Å². The summed E-state index contributed by atoms with van der Waals surface area (Å²) in [6.07, 6.45) is 0. The second kappa shape index (κ2) is 7.48. The van der Waals surface area contributed by atoms with E-state index in [-0.39, 0.29) is 0 Å². The van der Waals surface area contributed by atoms with E-state index in [1.165, 1.54) is 0 Å². The van der Waals surface area contributed by atoms with Gasteiger partial charge in [0.2, 0.25) is 22.1 Å². The average molecular weight is 390 g/mol. The van der Waals surface area contributed by atoms with Crippen LogP contribution in [0.2, 0.25) is 0 Å². The molecule has 0 unspecified atom stereocenters. The minimum atomic E-state index is 1.04. The average Bonchev–Trinajstić information content (AvgIpc) is 2.80. The van der Waals surface area contributed by atoms with Gasteiger partial charge in [-0.15, -0.1) is 0 Å². The highest BCUT2D eigenvalue weighted by Gasteiger charge is 2.11. The molecule has 6 aromatic rings. The first kappa shape index (κ1) is 18.1. The Labute approximate surface area is 174 Å². The maximum atomic E-state index is 4.62. The highest BCUT2D eigenvalue weighted by molar-refractivity contribution is 5.82. The summed E-state index contributed by atoms with van der Waals surface area (Å²) < 4.78 is 4.36. The van der Waals surface area contributed by atoms with E-state index in [9.17, 15) is 0 Å². The van der Waals surface area contributed by atoms with E-state index in [1.807, 2.05) is 72.8 Å². The molecule has 2 aromatic heterocycles. The van der Waals surface area contributed by atoms with Crippen molar-refractivity contribution in [3.63, 3.8) is 0 Å². The fourth-order valence-electron chi connectivity index (χ4n) is 3.89. The summed E-state index contributed by atoms with van der Waals surface area (Å²) in [5.74, 6) is 0. The van der Waals surface area contributed by atoms with Gasteiger partial charge in [-0.2, -0.15) is 9.13 Å². The Bertz CT molecular complexity index is 1300. The van der Waals surface area contributed by atoms with Gasteiger partial charge in [-0.1, -0.05) is 48.5 Å². The third-order valence-electron chi connectivity index (χ3n) is 5.45. The van der Waals surface area contributed by atoms with Gasteiger partial charge in [0.05, 0.1) is 0 Å². The van der Waals surface area contributed by atoms with Crippen LogP contribution in [-0.2, 0) is 14.1 Å². The first-order valence-corrected chi connectivity index (χ1v) is 9.99. The van der Waals surface area contributed by atoms with Gasteiger partial charge in [-0.05, 0) is 24.3 Å². The molecule has 30 heavy (non-hydrogen) atoms. The highest BCUT2D eigenvalue weighted by atomic mass is 15.0. The van der Waals surface area contributed by atoms with E-state index in [0.29, 0.717) is 0 Å². The zero-order valence-corrected chi connectivity index (χ0v) is 17.0. The van der Waals surface area contributed by atoms with Crippen molar-refractivity contribution in [1.29, 1.82) is 0 Å². The van der Waals surface area contributed by atoms with Crippen molar-refractivity contribution in [1.82, 2.24) is 9.97 Å². The van der Waals surface area contributed by atoms with Crippen LogP contribution < -0.4 is 9.13 Å². The van der Waals surface area contributed by atoms with Crippen molar-refractivity contribution >= 4 is 44.1 Å². The van der Waals surface area contributed by atoms with Gasteiger partial charge in [0.1, 0.15) is 36.2 Å². The minimum Gasteiger partial charge on any atom is -0.235 e. The molecule has 0 bridgehead atoms. The van der Waals surface area contributed by atoms with E-state index in [4.69, 9.17) is 0 Å². The van der Waals surface area contributed by atoms with Crippen LogP contribution in [0.3, 0.4) is 0 Å². The van der Waals surface area contributed by atoms with Crippen molar-refractivity contribution in [3.05, 3.63) is 97.1 Å². The maximum absolute atomic E-state index is 4.62. The van der Waals surface area contributed by atoms with E-state index < -0.39 is 0 Å². The molecular weight excluding hydrogens is 368 g/mol. The zero-order valence-electron chi connectivity index (χ0n) is 17.0. The summed E-state index contributed by atoms with van der Waals surface area (Å²) in [7, 11) is 4.15. The topological polar surface area (TPSA) is 33.5 Å². The molecule has 0 radical (unpaired) electrons. The number of nitrogens with zero attached hydrogens (tertiary/aromatic N) is 4. The lowest BCUT2D eigenvalue weighted by Gasteiger charge is -1.99. The second-order valence-electron chi connectivity index (χ2n) is 7.30. The van der Waals surface area contributed by atoms with Crippen LogP contribution in [-0.4, -0.2) is 9.97 Å². The van der Waals surface area contributed by atoms with Gasteiger partial charge >= 0.3 is 0 Å². The van der Waals surface area contributed by atoms with Gasteiger partial charge < -0.3 is 0 Å². The van der Waals surface area contributed by atoms with Crippen LogP contribution in [0, 0.1) is 0 Å². The van der Waals surface area contributed by atoms with E-state index in [1.54, 1.807) is 0 Å². The molecule has 144 valence electrons. The van der Waals surface area contributed by atoms with E-state index in [0.717, 1.165) is 44.1 Å². The molecule has 2 heterocycles. The highest BCUT2D eigenvalue weighted by Crippen LogP contribution is 2.14. The number of benzene rings is 4. The number of aromatic nitrogens is 4. The third kappa shape index (κ3) is 3.12. The lowest BCUT2D eigenvalue weighted by atomic mass is 10.2. The Balaban J connectivity index is 0.000000128. The van der Waals surface area contributed by atoms with Gasteiger partial charge in [0.25, 0.3) is 0 Å². The number of para-hydroxylation sites is 8. The SMILES string of the molecule is C[n+]1c2ccccc2nc2ccccc21.C[n+]1c2ccccc2nc2ccccc21. The Kier molecular flexibility index (Phi) is 4.52. The van der Waals surface area contributed by atoms with Crippen LogP contribution in [0.5, 0.6) is 0 Å². The molecule has 4 heteroatoms. The van der Waals surface area contributed by atoms with Crippen LogP contribution in [0.4, 0.5) is 0 Å². The summed E-state index contributed by atoms with van der Waals surface area (Å²) in [6, 6.07) is 32.8. The lowest BCUT2D eigenvalue weighted by molar-refractivity contribution is -0.618. The maximum Gasteiger partial charge on any atom is 0.231 e. The number of rotatable bonds is 0. The number of fused-ring (bicyclic) bond motifs is 4. The first-order valence-electron chi connectivity index (χ1n) is 9.99. The van der Waals surface area contributed by atoms with Crippen molar-refractivity contribution < 1.29 is 9.13 Å². The molecular formula is C26H22N4+2. The van der Waals surface area contributed by atoms with Gasteiger partial charge in [0.15, 0.2) is 0 Å². The lowest BCUT2D eigenvalue weighted by Crippen LogP contribution is -2.30. The van der Waals surface area contributed by atoms with Gasteiger partial charge in [-0.25, -0.2) is 9.97 Å². The molecule has 0 amide bonds. The number of hydrogen-bond acceptors (Lipinski definition) is 2.